The van der Waals surface area contributed by atoms with E-state index in [4.69, 9.17) is 11.6 Å². The Bertz CT molecular complexity index is 764. The molecule has 29 heavy (non-hydrogen) atoms. The average Bonchev–Trinajstić information content (AvgIpc) is 3.57. The summed E-state index contributed by atoms with van der Waals surface area (Å²) in [7, 11) is 0. The first-order valence-electron chi connectivity index (χ1n) is 11.1. The van der Waals surface area contributed by atoms with Crippen LogP contribution in [0.4, 0.5) is 5.69 Å². The Morgan fingerprint density at radius 2 is 1.86 bits per heavy atom. The van der Waals surface area contributed by atoms with Gasteiger partial charge in [-0.3, -0.25) is 9.59 Å². The fraction of sp³-hybridized carbons (Fsp3) is 0.652. The van der Waals surface area contributed by atoms with Crippen LogP contribution in [0.2, 0.25) is 5.02 Å². The van der Waals surface area contributed by atoms with Crippen LogP contribution in [-0.2, 0) is 16.1 Å². The zero-order chi connectivity index (χ0) is 20.4. The maximum Gasteiger partial charge on any atom is 0.225 e. The van der Waals surface area contributed by atoms with Gasteiger partial charge in [-0.05, 0) is 62.1 Å². The van der Waals surface area contributed by atoms with Crippen molar-refractivity contribution in [2.24, 2.45) is 17.8 Å². The van der Waals surface area contributed by atoms with Crippen molar-refractivity contribution in [3.8, 4) is 0 Å². The molecule has 0 aromatic heterocycles. The quantitative estimate of drug-likeness (QED) is 0.791. The molecule has 1 N–H and O–H groups in total. The number of nitrogens with zero attached hydrogens (tertiary/aromatic N) is 2. The minimum atomic E-state index is -0.101. The zero-order valence-electron chi connectivity index (χ0n) is 17.3. The van der Waals surface area contributed by atoms with Crippen LogP contribution in [0.15, 0.2) is 18.2 Å². The molecular weight excluding hydrogens is 386 g/mol. The van der Waals surface area contributed by atoms with E-state index in [1.54, 1.807) is 0 Å². The van der Waals surface area contributed by atoms with Crippen LogP contribution in [0.3, 0.4) is 0 Å². The molecule has 0 unspecified atom stereocenters. The van der Waals surface area contributed by atoms with Crippen LogP contribution in [0.25, 0.3) is 0 Å². The maximum absolute atomic E-state index is 12.7. The van der Waals surface area contributed by atoms with Crippen molar-refractivity contribution in [3.05, 3.63) is 28.8 Å². The third-order valence-corrected chi connectivity index (χ3v) is 6.81. The Labute approximate surface area is 178 Å². The average molecular weight is 418 g/mol. The topological polar surface area (TPSA) is 52.7 Å². The molecule has 0 radical (unpaired) electrons. The van der Waals surface area contributed by atoms with Gasteiger partial charge in [0, 0.05) is 38.6 Å². The summed E-state index contributed by atoms with van der Waals surface area (Å²) in [6.45, 7) is 6.22. The number of hydrogen-bond acceptors (Lipinski definition) is 3. The number of nitrogens with one attached hydrogen (secondary N) is 1. The third kappa shape index (κ3) is 5.06. The standard InChI is InChI=1S/C23H32ClN3O2/c1-16-4-2-10-26(14-16)21-9-6-17(12-20(21)24)13-25-22(28)19-5-3-11-27(15-19)23(29)18-7-8-18/h6,9,12,16,18-19H,2-5,7-8,10-11,13-15H2,1H3,(H,25,28)/t16-,19-/m1/s1. The highest BCUT2D eigenvalue weighted by Gasteiger charge is 2.36. The highest BCUT2D eigenvalue weighted by atomic mass is 35.5. The normalized spacial score (nSPS) is 25.0. The number of anilines is 1. The Morgan fingerprint density at radius 1 is 1.07 bits per heavy atom. The number of carbonyl (C=O) groups is 2. The zero-order valence-corrected chi connectivity index (χ0v) is 18.1. The summed E-state index contributed by atoms with van der Waals surface area (Å²) in [6.07, 6.45) is 6.27. The van der Waals surface area contributed by atoms with E-state index in [0.717, 1.165) is 61.6 Å². The molecule has 1 aliphatic carbocycles. The molecule has 1 saturated carbocycles. The van der Waals surface area contributed by atoms with Crippen molar-refractivity contribution in [1.82, 2.24) is 10.2 Å². The molecule has 2 amide bonds. The Morgan fingerprint density at radius 3 is 2.59 bits per heavy atom. The lowest BCUT2D eigenvalue weighted by molar-refractivity contribution is -0.136. The van der Waals surface area contributed by atoms with Crippen molar-refractivity contribution in [3.63, 3.8) is 0 Å². The first-order valence-corrected chi connectivity index (χ1v) is 11.5. The van der Waals surface area contributed by atoms with Gasteiger partial charge in [0.25, 0.3) is 0 Å². The van der Waals surface area contributed by atoms with Gasteiger partial charge in [-0.2, -0.15) is 0 Å². The second-order valence-electron chi connectivity index (χ2n) is 9.09. The van der Waals surface area contributed by atoms with Crippen LogP contribution in [0.1, 0.15) is 51.0 Å². The molecule has 5 nitrogen and oxygen atoms in total. The van der Waals surface area contributed by atoms with Crippen LogP contribution >= 0.6 is 11.6 Å². The number of likely N-dealkylation sites (tertiary alicyclic amines) is 1. The van der Waals surface area contributed by atoms with Crippen LogP contribution in [-0.4, -0.2) is 42.9 Å². The Kier molecular flexibility index (Phi) is 6.33. The number of piperidine rings is 2. The molecule has 2 atom stereocenters. The van der Waals surface area contributed by atoms with Crippen LogP contribution < -0.4 is 10.2 Å². The summed E-state index contributed by atoms with van der Waals surface area (Å²) in [5.74, 6) is 1.11. The molecule has 3 fully saturated rings. The SMILES string of the molecule is C[C@@H]1CCCN(c2ccc(CNC(=O)[C@@H]3CCCN(C(=O)C4CC4)C3)cc2Cl)C1. The monoisotopic (exact) mass is 417 g/mol. The van der Waals surface area contributed by atoms with Crippen molar-refractivity contribution < 1.29 is 9.59 Å². The van der Waals surface area contributed by atoms with Gasteiger partial charge in [-0.1, -0.05) is 24.6 Å². The molecule has 1 aromatic carbocycles. The van der Waals surface area contributed by atoms with Crippen molar-refractivity contribution in [1.29, 1.82) is 0 Å². The smallest absolute Gasteiger partial charge is 0.225 e. The molecule has 158 valence electrons. The molecule has 4 rings (SSSR count). The minimum absolute atomic E-state index is 0.0448. The van der Waals surface area contributed by atoms with Gasteiger partial charge in [0.2, 0.25) is 11.8 Å². The second-order valence-corrected chi connectivity index (χ2v) is 9.50. The number of amides is 2. The van der Waals surface area contributed by atoms with Gasteiger partial charge in [0.1, 0.15) is 0 Å². The van der Waals surface area contributed by atoms with Gasteiger partial charge < -0.3 is 15.1 Å². The Balaban J connectivity index is 1.30. The van der Waals surface area contributed by atoms with Crippen molar-refractivity contribution >= 4 is 29.1 Å². The lowest BCUT2D eigenvalue weighted by Crippen LogP contribution is -2.45. The van der Waals surface area contributed by atoms with Crippen molar-refractivity contribution in [2.45, 2.75) is 52.0 Å². The summed E-state index contributed by atoms with van der Waals surface area (Å²) < 4.78 is 0. The summed E-state index contributed by atoms with van der Waals surface area (Å²) in [5, 5.41) is 3.81. The van der Waals surface area contributed by atoms with E-state index in [9.17, 15) is 9.59 Å². The predicted molar refractivity (Wildman–Crippen MR) is 116 cm³/mol. The minimum Gasteiger partial charge on any atom is -0.370 e. The van der Waals surface area contributed by atoms with Gasteiger partial charge in [0.05, 0.1) is 16.6 Å². The van der Waals surface area contributed by atoms with E-state index in [1.807, 2.05) is 11.0 Å². The molecule has 2 saturated heterocycles. The fourth-order valence-corrected chi connectivity index (χ4v) is 4.96. The summed E-state index contributed by atoms with van der Waals surface area (Å²) in [5.41, 5.74) is 2.11. The first kappa shape index (κ1) is 20.5. The number of carbonyl (C=O) groups excluding carboxylic acids is 2. The summed E-state index contributed by atoms with van der Waals surface area (Å²) >= 11 is 6.57. The van der Waals surface area contributed by atoms with Crippen LogP contribution in [0, 0.1) is 17.8 Å². The number of rotatable bonds is 5. The van der Waals surface area contributed by atoms with Gasteiger partial charge in [-0.25, -0.2) is 0 Å². The van der Waals surface area contributed by atoms with E-state index >= 15 is 0 Å². The molecule has 6 heteroatoms. The molecule has 3 aliphatic rings. The lowest BCUT2D eigenvalue weighted by Gasteiger charge is -2.33. The molecule has 2 aliphatic heterocycles. The highest BCUT2D eigenvalue weighted by molar-refractivity contribution is 6.33. The molecule has 0 spiro atoms. The molecular formula is C23H32ClN3O2. The van der Waals surface area contributed by atoms with E-state index in [-0.39, 0.29) is 23.7 Å². The van der Waals surface area contributed by atoms with E-state index in [2.05, 4.69) is 29.3 Å². The van der Waals surface area contributed by atoms with E-state index < -0.39 is 0 Å². The fourth-order valence-electron chi connectivity index (χ4n) is 4.64. The van der Waals surface area contributed by atoms with Gasteiger partial charge >= 0.3 is 0 Å². The number of halogens is 1. The molecule has 0 bridgehead atoms. The first-order chi connectivity index (χ1) is 14.0. The number of hydrogen-bond donors (Lipinski definition) is 1. The largest absolute Gasteiger partial charge is 0.370 e. The van der Waals surface area contributed by atoms with E-state index in [0.29, 0.717) is 19.0 Å². The molecule has 1 aromatic rings. The lowest BCUT2D eigenvalue weighted by atomic mass is 9.96. The van der Waals surface area contributed by atoms with Crippen LogP contribution in [0.5, 0.6) is 0 Å². The maximum atomic E-state index is 12.7. The second kappa shape index (κ2) is 8.95. The highest BCUT2D eigenvalue weighted by Crippen LogP contribution is 2.33. The Hall–Kier alpha value is -1.75. The molecule has 2 heterocycles. The van der Waals surface area contributed by atoms with E-state index in [1.165, 1.54) is 12.8 Å². The summed E-state index contributed by atoms with van der Waals surface area (Å²) in [4.78, 5) is 29.2. The van der Waals surface area contributed by atoms with Gasteiger partial charge in [0.15, 0.2) is 0 Å². The van der Waals surface area contributed by atoms with Gasteiger partial charge in [-0.15, -0.1) is 0 Å². The third-order valence-electron chi connectivity index (χ3n) is 6.51. The number of benzene rings is 1. The van der Waals surface area contributed by atoms with Crippen molar-refractivity contribution in [2.75, 3.05) is 31.1 Å². The predicted octanol–water partition coefficient (Wildman–Crippen LogP) is 3.84. The summed E-state index contributed by atoms with van der Waals surface area (Å²) in [6, 6.07) is 6.11.